The summed E-state index contributed by atoms with van der Waals surface area (Å²) in [6.07, 6.45) is 1.68. The van der Waals surface area contributed by atoms with Gasteiger partial charge in [0.2, 0.25) is 5.91 Å². The molecular weight excluding hydrogens is 274 g/mol. The third-order valence-corrected chi connectivity index (χ3v) is 3.61. The first-order chi connectivity index (χ1) is 8.84. The second-order valence-corrected chi connectivity index (χ2v) is 6.05. The summed E-state index contributed by atoms with van der Waals surface area (Å²) >= 11 is 0. The van der Waals surface area contributed by atoms with Crippen LogP contribution in [0, 0.1) is 0 Å². The van der Waals surface area contributed by atoms with Crippen molar-refractivity contribution in [1.29, 1.82) is 0 Å². The van der Waals surface area contributed by atoms with Gasteiger partial charge in [-0.25, -0.2) is 13.2 Å². The zero-order valence-corrected chi connectivity index (χ0v) is 11.2. The molecule has 2 N–H and O–H groups in total. The van der Waals surface area contributed by atoms with Gasteiger partial charge in [0.25, 0.3) is 0 Å². The Morgan fingerprint density at radius 1 is 1.42 bits per heavy atom. The summed E-state index contributed by atoms with van der Waals surface area (Å²) in [7, 11) is -3.68. The zero-order valence-electron chi connectivity index (χ0n) is 10.4. The monoisotopic (exact) mass is 289 g/mol. The third-order valence-electron chi connectivity index (χ3n) is 2.19. The van der Waals surface area contributed by atoms with Crippen LogP contribution in [0.2, 0.25) is 0 Å². The second-order valence-electron chi connectivity index (χ2n) is 3.99. The average Bonchev–Trinajstić information content (AvgIpc) is 2.73. The summed E-state index contributed by atoms with van der Waals surface area (Å²) in [4.78, 5) is 21.9. The van der Waals surface area contributed by atoms with Crippen LogP contribution < -0.4 is 5.32 Å². The molecule has 8 heteroatoms. The molecule has 0 saturated heterocycles. The maximum atomic E-state index is 11.7. The number of nitrogens with one attached hydrogen (secondary N) is 1. The summed E-state index contributed by atoms with van der Waals surface area (Å²) in [5.41, 5.74) is -0.124. The molecule has 0 spiro atoms. The number of sulfone groups is 1. The van der Waals surface area contributed by atoms with Crippen LogP contribution in [0.4, 0.5) is 0 Å². The Bertz CT molecular complexity index is 559. The topological polar surface area (TPSA) is 114 Å². The molecule has 0 saturated carbocycles. The van der Waals surface area contributed by atoms with E-state index < -0.39 is 33.2 Å². The van der Waals surface area contributed by atoms with Gasteiger partial charge in [-0.1, -0.05) is 6.92 Å². The van der Waals surface area contributed by atoms with E-state index in [0.717, 1.165) is 12.3 Å². The third kappa shape index (κ3) is 5.12. The first-order valence-corrected chi connectivity index (χ1v) is 7.44. The van der Waals surface area contributed by atoms with E-state index in [-0.39, 0.29) is 11.3 Å². The number of hydrogen-bond donors (Lipinski definition) is 2. The number of furan rings is 1. The molecule has 0 bridgehead atoms. The van der Waals surface area contributed by atoms with E-state index in [1.165, 1.54) is 0 Å². The molecule has 0 unspecified atom stereocenters. The van der Waals surface area contributed by atoms with Gasteiger partial charge in [0.1, 0.15) is 23.5 Å². The number of aromatic carboxylic acids is 1. The number of carboxylic acid groups (broad SMARTS) is 1. The first-order valence-electron chi connectivity index (χ1n) is 5.62. The number of rotatable bonds is 7. The Morgan fingerprint density at radius 3 is 2.63 bits per heavy atom. The van der Waals surface area contributed by atoms with Crippen LogP contribution in [0.25, 0.3) is 0 Å². The van der Waals surface area contributed by atoms with Gasteiger partial charge in [-0.05, 0) is 12.5 Å². The lowest BCUT2D eigenvalue weighted by molar-refractivity contribution is -0.118. The number of carbonyl (C=O) groups excluding carboxylic acids is 1. The molecular formula is C11H15NO6S. The van der Waals surface area contributed by atoms with Gasteiger partial charge in [0.15, 0.2) is 9.84 Å². The quantitative estimate of drug-likeness (QED) is 0.752. The lowest BCUT2D eigenvalue weighted by atomic mass is 10.3. The molecule has 0 aromatic carbocycles. The zero-order chi connectivity index (χ0) is 14.5. The fourth-order valence-electron chi connectivity index (χ4n) is 1.35. The smallest absolute Gasteiger partial charge is 0.338 e. The van der Waals surface area contributed by atoms with Crippen molar-refractivity contribution in [3.63, 3.8) is 0 Å². The van der Waals surface area contributed by atoms with Crippen LogP contribution in [0.15, 0.2) is 16.7 Å². The minimum Gasteiger partial charge on any atom is -0.478 e. The van der Waals surface area contributed by atoms with E-state index in [1.807, 2.05) is 6.92 Å². The average molecular weight is 289 g/mol. The van der Waals surface area contributed by atoms with Crippen LogP contribution in [0.1, 0.15) is 29.5 Å². The predicted octanol–water partition coefficient (Wildman–Crippen LogP) is 0.419. The molecule has 1 aromatic rings. The molecule has 19 heavy (non-hydrogen) atoms. The summed E-state index contributed by atoms with van der Waals surface area (Å²) in [6, 6.07) is 1.13. The number of carboxylic acids is 1. The Balaban J connectivity index is 2.63. The molecule has 1 amide bonds. The molecule has 0 atom stereocenters. The van der Waals surface area contributed by atoms with Gasteiger partial charge < -0.3 is 14.8 Å². The molecule has 106 valence electrons. The highest BCUT2D eigenvalue weighted by atomic mass is 32.2. The molecule has 0 radical (unpaired) electrons. The molecule has 0 aliphatic rings. The van der Waals surface area contributed by atoms with Crippen molar-refractivity contribution in [2.75, 3.05) is 12.3 Å². The summed E-state index contributed by atoms with van der Waals surface area (Å²) in [5.74, 6) is -2.92. The van der Waals surface area contributed by atoms with Crippen molar-refractivity contribution < 1.29 is 27.5 Å². The van der Waals surface area contributed by atoms with Crippen molar-refractivity contribution in [3.8, 4) is 0 Å². The fraction of sp³-hybridized carbons (Fsp3) is 0.455. The highest BCUT2D eigenvalue weighted by Gasteiger charge is 2.20. The van der Waals surface area contributed by atoms with Gasteiger partial charge in [0.05, 0.1) is 5.56 Å². The Hall–Kier alpha value is -1.83. The van der Waals surface area contributed by atoms with Crippen molar-refractivity contribution in [1.82, 2.24) is 5.32 Å². The highest BCUT2D eigenvalue weighted by molar-refractivity contribution is 7.91. The largest absolute Gasteiger partial charge is 0.478 e. The van der Waals surface area contributed by atoms with Crippen molar-refractivity contribution in [2.24, 2.45) is 0 Å². The van der Waals surface area contributed by atoms with Crippen LogP contribution in [-0.2, 0) is 20.4 Å². The Labute approximate surface area is 110 Å². The molecule has 1 rings (SSSR count). The Kier molecular flexibility index (Phi) is 5.11. The second kappa shape index (κ2) is 6.37. The fourth-order valence-corrected chi connectivity index (χ4v) is 2.54. The van der Waals surface area contributed by atoms with Crippen LogP contribution >= 0.6 is 0 Å². The standard InChI is InChI=1S/C11H15NO6S/c1-2-3-12-10(13)7-19(16,17)6-9-4-8(5-18-9)11(14)15/h4-5H,2-3,6-7H2,1H3,(H,12,13)(H,14,15). The van der Waals surface area contributed by atoms with Gasteiger partial charge in [-0.15, -0.1) is 0 Å². The van der Waals surface area contributed by atoms with Crippen molar-refractivity contribution in [3.05, 3.63) is 23.7 Å². The number of amides is 1. The van der Waals surface area contributed by atoms with E-state index in [9.17, 15) is 18.0 Å². The van der Waals surface area contributed by atoms with Crippen LogP contribution in [0.5, 0.6) is 0 Å². The lowest BCUT2D eigenvalue weighted by Gasteiger charge is -2.03. The summed E-state index contributed by atoms with van der Waals surface area (Å²) < 4.78 is 28.2. The van der Waals surface area contributed by atoms with Crippen LogP contribution in [-0.4, -0.2) is 37.7 Å². The van der Waals surface area contributed by atoms with E-state index in [1.54, 1.807) is 0 Å². The van der Waals surface area contributed by atoms with E-state index >= 15 is 0 Å². The number of hydrogen-bond acceptors (Lipinski definition) is 5. The normalized spacial score (nSPS) is 11.2. The summed E-state index contributed by atoms with van der Waals surface area (Å²) in [6.45, 7) is 2.27. The van der Waals surface area contributed by atoms with Gasteiger partial charge in [0, 0.05) is 6.54 Å². The molecule has 7 nitrogen and oxygen atoms in total. The molecule has 0 aliphatic carbocycles. The van der Waals surface area contributed by atoms with Gasteiger partial charge >= 0.3 is 5.97 Å². The van der Waals surface area contributed by atoms with Crippen molar-refractivity contribution in [2.45, 2.75) is 19.1 Å². The molecule has 0 aliphatic heterocycles. The Morgan fingerprint density at radius 2 is 2.11 bits per heavy atom. The minimum atomic E-state index is -3.68. The minimum absolute atomic E-state index is 0.000640. The first kappa shape index (κ1) is 15.2. The maximum absolute atomic E-state index is 11.7. The van der Waals surface area contributed by atoms with E-state index in [0.29, 0.717) is 13.0 Å². The molecule has 1 aromatic heterocycles. The lowest BCUT2D eigenvalue weighted by Crippen LogP contribution is -2.31. The number of carbonyl (C=O) groups is 2. The summed E-state index contributed by atoms with van der Waals surface area (Å²) in [5, 5.41) is 11.1. The predicted molar refractivity (Wildman–Crippen MR) is 66.5 cm³/mol. The van der Waals surface area contributed by atoms with Crippen molar-refractivity contribution >= 4 is 21.7 Å². The highest BCUT2D eigenvalue weighted by Crippen LogP contribution is 2.11. The molecule has 1 heterocycles. The van der Waals surface area contributed by atoms with Gasteiger partial charge in [-0.2, -0.15) is 0 Å². The maximum Gasteiger partial charge on any atom is 0.338 e. The van der Waals surface area contributed by atoms with Crippen LogP contribution in [0.3, 0.4) is 0 Å². The van der Waals surface area contributed by atoms with Gasteiger partial charge in [-0.3, -0.25) is 4.79 Å². The molecule has 0 fully saturated rings. The van der Waals surface area contributed by atoms with E-state index in [2.05, 4.69) is 5.32 Å². The SMILES string of the molecule is CCCNC(=O)CS(=O)(=O)Cc1cc(C(=O)O)co1. The van der Waals surface area contributed by atoms with E-state index in [4.69, 9.17) is 9.52 Å².